The molecule has 2 aromatic heterocycles. The molecule has 45 heavy (non-hydrogen) atoms. The second kappa shape index (κ2) is 13.2. The zero-order valence-corrected chi connectivity index (χ0v) is 26.7. The first kappa shape index (κ1) is 31.7. The number of anilines is 2. The molecule has 1 amide bonds. The Morgan fingerprint density at radius 1 is 0.978 bits per heavy atom. The maximum absolute atomic E-state index is 14.7. The van der Waals surface area contributed by atoms with Crippen LogP contribution < -0.4 is 10.0 Å². The number of imidazole rings is 1. The summed E-state index contributed by atoms with van der Waals surface area (Å²) in [6.45, 7) is 3.29. The highest BCUT2D eigenvalue weighted by atomic mass is 32.2. The number of carbonyl (C=O) groups excluding carboxylic acids is 1. The first-order valence-corrected chi connectivity index (χ1v) is 17.8. The third-order valence-electron chi connectivity index (χ3n) is 9.59. The number of sulfonamides is 1. The minimum Gasteiger partial charge on any atom is -0.340 e. The lowest BCUT2D eigenvalue weighted by atomic mass is 9.84. The van der Waals surface area contributed by atoms with E-state index in [9.17, 15) is 22.0 Å². The number of amides is 1. The molecule has 3 aromatic rings. The van der Waals surface area contributed by atoms with Crippen molar-refractivity contribution in [2.45, 2.75) is 69.9 Å². The van der Waals surface area contributed by atoms with Crippen LogP contribution in [-0.2, 0) is 21.2 Å². The van der Waals surface area contributed by atoms with E-state index in [4.69, 9.17) is 9.97 Å². The summed E-state index contributed by atoms with van der Waals surface area (Å²) in [7, 11) is -1.16. The van der Waals surface area contributed by atoms with E-state index in [0.717, 1.165) is 83.6 Å². The molecule has 0 radical (unpaired) electrons. The molecule has 3 aliphatic rings. The molecule has 2 aliphatic carbocycles. The van der Waals surface area contributed by atoms with Crippen molar-refractivity contribution >= 4 is 38.7 Å². The number of hydrogen-bond donors (Lipinski definition) is 2. The molecule has 244 valence electrons. The van der Waals surface area contributed by atoms with E-state index < -0.39 is 21.7 Å². The molecule has 3 fully saturated rings. The summed E-state index contributed by atoms with van der Waals surface area (Å²) in [4.78, 5) is 31.8. The molecule has 6 rings (SSSR count). The van der Waals surface area contributed by atoms with Crippen LogP contribution in [0.5, 0.6) is 0 Å². The van der Waals surface area contributed by atoms with Crippen LogP contribution in [0.15, 0.2) is 24.4 Å². The van der Waals surface area contributed by atoms with E-state index in [1.165, 1.54) is 18.4 Å². The molecule has 14 heteroatoms. The first-order valence-electron chi connectivity index (χ1n) is 15.9. The average molecular weight is 645 g/mol. The lowest BCUT2D eigenvalue weighted by Crippen LogP contribution is -2.49. The summed E-state index contributed by atoms with van der Waals surface area (Å²) in [5.41, 5.74) is 1.33. The van der Waals surface area contributed by atoms with Gasteiger partial charge in [-0.2, -0.15) is 0 Å². The van der Waals surface area contributed by atoms with Crippen LogP contribution in [-0.4, -0.2) is 89.2 Å². The number of fused-ring (bicyclic) bond motifs is 1. The number of rotatable bonds is 8. The Labute approximate surface area is 262 Å². The average Bonchev–Trinajstić information content (AvgIpc) is 3.36. The van der Waals surface area contributed by atoms with Crippen molar-refractivity contribution in [1.82, 2.24) is 34.0 Å². The van der Waals surface area contributed by atoms with Gasteiger partial charge < -0.3 is 15.1 Å². The van der Waals surface area contributed by atoms with E-state index in [1.54, 1.807) is 6.20 Å². The Morgan fingerprint density at radius 2 is 1.69 bits per heavy atom. The highest BCUT2D eigenvalue weighted by Crippen LogP contribution is 2.38. The van der Waals surface area contributed by atoms with Crippen molar-refractivity contribution in [2.24, 2.45) is 11.8 Å². The SMILES string of the molecule is CN1CCN(C(=O)C2CCC(n3c(Nc4ccc(F)cc4F)nc4cnc(CC5CCC(NS(C)(=O)=O)CC5)nc43)CC2)CC1. The quantitative estimate of drug-likeness (QED) is 0.377. The second-order valence-corrected chi connectivity index (χ2v) is 14.8. The van der Waals surface area contributed by atoms with Crippen molar-refractivity contribution in [2.75, 3.05) is 44.8 Å². The zero-order valence-electron chi connectivity index (χ0n) is 25.9. The van der Waals surface area contributed by atoms with Gasteiger partial charge in [0, 0.05) is 56.7 Å². The van der Waals surface area contributed by atoms with Crippen LogP contribution in [0.4, 0.5) is 20.4 Å². The van der Waals surface area contributed by atoms with E-state index >= 15 is 0 Å². The summed E-state index contributed by atoms with van der Waals surface area (Å²) in [6.07, 6.45) is 9.79. The van der Waals surface area contributed by atoms with Gasteiger partial charge in [-0.3, -0.25) is 9.36 Å². The fraction of sp³-hybridized carbons (Fsp3) is 0.613. The van der Waals surface area contributed by atoms with Gasteiger partial charge >= 0.3 is 0 Å². The van der Waals surface area contributed by atoms with E-state index in [-0.39, 0.29) is 29.6 Å². The smallest absolute Gasteiger partial charge is 0.225 e. The number of halogens is 2. The van der Waals surface area contributed by atoms with Crippen LogP contribution in [0, 0.1) is 23.5 Å². The van der Waals surface area contributed by atoms with Gasteiger partial charge in [-0.25, -0.2) is 36.9 Å². The monoisotopic (exact) mass is 644 g/mol. The molecular formula is C31H42F2N8O3S. The molecule has 2 saturated carbocycles. The van der Waals surface area contributed by atoms with Gasteiger partial charge in [0.15, 0.2) is 5.65 Å². The van der Waals surface area contributed by atoms with Gasteiger partial charge in [0.2, 0.25) is 21.9 Å². The highest BCUT2D eigenvalue weighted by Gasteiger charge is 2.33. The van der Waals surface area contributed by atoms with Crippen LogP contribution in [0.25, 0.3) is 11.2 Å². The number of aromatic nitrogens is 4. The molecule has 3 heterocycles. The summed E-state index contributed by atoms with van der Waals surface area (Å²) >= 11 is 0. The second-order valence-electron chi connectivity index (χ2n) is 13.0. The largest absolute Gasteiger partial charge is 0.340 e. The lowest BCUT2D eigenvalue weighted by Gasteiger charge is -2.37. The van der Waals surface area contributed by atoms with E-state index in [2.05, 4.69) is 27.0 Å². The molecule has 2 N–H and O–H groups in total. The number of hydrogen-bond acceptors (Lipinski definition) is 8. The van der Waals surface area contributed by atoms with Crippen molar-refractivity contribution in [1.29, 1.82) is 0 Å². The summed E-state index contributed by atoms with van der Waals surface area (Å²) in [5, 5.41) is 3.08. The van der Waals surface area contributed by atoms with Crippen LogP contribution in [0.3, 0.4) is 0 Å². The molecule has 1 aliphatic heterocycles. The molecule has 0 atom stereocenters. The van der Waals surface area contributed by atoms with Gasteiger partial charge in [-0.05, 0) is 76.5 Å². The predicted molar refractivity (Wildman–Crippen MR) is 167 cm³/mol. The molecular weight excluding hydrogens is 602 g/mol. The number of nitrogens with zero attached hydrogens (tertiary/aromatic N) is 6. The van der Waals surface area contributed by atoms with Gasteiger partial charge in [0.25, 0.3) is 0 Å². The zero-order chi connectivity index (χ0) is 31.7. The fourth-order valence-corrected chi connectivity index (χ4v) is 7.92. The number of carbonyl (C=O) groups is 1. The van der Waals surface area contributed by atoms with Crippen molar-refractivity contribution in [3.63, 3.8) is 0 Å². The van der Waals surface area contributed by atoms with Crippen LogP contribution >= 0.6 is 0 Å². The topological polar surface area (TPSA) is 125 Å². The summed E-state index contributed by atoms with van der Waals surface area (Å²) in [6, 6.07) is 3.33. The third-order valence-corrected chi connectivity index (χ3v) is 10.3. The Morgan fingerprint density at radius 3 is 2.36 bits per heavy atom. The molecule has 1 saturated heterocycles. The minimum atomic E-state index is -3.24. The van der Waals surface area contributed by atoms with Gasteiger partial charge in [-0.15, -0.1) is 0 Å². The first-order chi connectivity index (χ1) is 21.5. The Bertz CT molecular complexity index is 1630. The maximum Gasteiger partial charge on any atom is 0.225 e. The third kappa shape index (κ3) is 7.60. The molecule has 11 nitrogen and oxygen atoms in total. The van der Waals surface area contributed by atoms with Crippen molar-refractivity contribution in [3.05, 3.63) is 41.9 Å². The maximum atomic E-state index is 14.7. The van der Waals surface area contributed by atoms with Gasteiger partial charge in [-0.1, -0.05) is 0 Å². The molecule has 0 bridgehead atoms. The van der Waals surface area contributed by atoms with Crippen molar-refractivity contribution in [3.8, 4) is 0 Å². The van der Waals surface area contributed by atoms with E-state index in [1.807, 2.05) is 9.47 Å². The van der Waals surface area contributed by atoms with Crippen molar-refractivity contribution < 1.29 is 22.0 Å². The fourth-order valence-electron chi connectivity index (χ4n) is 7.08. The normalized spacial score (nSPS) is 25.0. The summed E-state index contributed by atoms with van der Waals surface area (Å²) in [5.74, 6) is 0.246. The Hall–Kier alpha value is -3.23. The number of nitrogens with one attached hydrogen (secondary N) is 2. The number of piperazine rings is 1. The van der Waals surface area contributed by atoms with Gasteiger partial charge in [0.1, 0.15) is 23.0 Å². The standard InChI is InChI=1S/C31H42F2N8O3S/c1-39-13-15-40(16-14-39)30(42)21-5-10-24(11-6-21)41-29-27(36-31(41)35-26-12-7-22(32)18-25(26)33)19-34-28(37-29)17-20-3-8-23(9-4-20)38-45(2,43)44/h7,12,18-21,23-24,38H,3-6,8-11,13-17H2,1-2H3,(H,35,36). The predicted octanol–water partition coefficient (Wildman–Crippen LogP) is 4.00. The Balaban J connectivity index is 1.22. The molecule has 0 spiro atoms. The molecule has 0 unspecified atom stereocenters. The van der Waals surface area contributed by atoms with E-state index in [0.29, 0.717) is 35.3 Å². The van der Waals surface area contributed by atoms with Crippen LogP contribution in [0.2, 0.25) is 0 Å². The van der Waals surface area contributed by atoms with Crippen LogP contribution in [0.1, 0.15) is 63.2 Å². The highest BCUT2D eigenvalue weighted by molar-refractivity contribution is 7.88. The minimum absolute atomic E-state index is 0.0159. The van der Waals surface area contributed by atoms with Gasteiger partial charge in [0.05, 0.1) is 18.1 Å². The number of likely N-dealkylation sites (N-methyl/N-ethyl adjacent to an activating group) is 1. The number of benzene rings is 1. The Kier molecular flexibility index (Phi) is 9.34. The molecule has 1 aromatic carbocycles. The summed E-state index contributed by atoms with van der Waals surface area (Å²) < 4.78 is 56.3. The lowest BCUT2D eigenvalue weighted by molar-refractivity contribution is -0.138.